The standard InChI is InChI=1S/C22H22N4O4/c23-20(27)18-7-4-10-26(18)19(22(29)30)16-12-24-17-9-8-14(11-15(16)17)25-21(28)13-5-2-1-3-6-13/h1-3,5-6,8-9,11-12,18-19,24H,4,7,10H2,(H2,23,27)(H,25,28)(H,29,30)/t18-,19+/m0/s1. The van der Waals surface area contributed by atoms with E-state index in [4.69, 9.17) is 5.73 Å². The van der Waals surface area contributed by atoms with E-state index in [2.05, 4.69) is 10.3 Å². The smallest absolute Gasteiger partial charge is 0.325 e. The average Bonchev–Trinajstić information content (AvgIpc) is 3.37. The fourth-order valence-electron chi connectivity index (χ4n) is 4.10. The number of rotatable bonds is 6. The molecule has 0 spiro atoms. The highest BCUT2D eigenvalue weighted by Crippen LogP contribution is 2.34. The average molecular weight is 406 g/mol. The molecule has 0 bridgehead atoms. The third-order valence-corrected chi connectivity index (χ3v) is 5.49. The van der Waals surface area contributed by atoms with E-state index in [0.717, 1.165) is 5.52 Å². The Kier molecular flexibility index (Phi) is 5.24. The molecule has 2 aromatic carbocycles. The van der Waals surface area contributed by atoms with Crippen molar-refractivity contribution in [1.82, 2.24) is 9.88 Å². The molecule has 1 aromatic heterocycles. The van der Waals surface area contributed by atoms with Gasteiger partial charge in [-0.2, -0.15) is 0 Å². The van der Waals surface area contributed by atoms with Crippen LogP contribution in [0.1, 0.15) is 34.8 Å². The molecule has 5 N–H and O–H groups in total. The van der Waals surface area contributed by atoms with Gasteiger partial charge in [0.25, 0.3) is 5.91 Å². The zero-order chi connectivity index (χ0) is 21.3. The Labute approximate surface area is 172 Å². The molecule has 4 rings (SSSR count). The van der Waals surface area contributed by atoms with E-state index in [1.165, 1.54) is 0 Å². The largest absolute Gasteiger partial charge is 0.480 e. The van der Waals surface area contributed by atoms with Crippen molar-refractivity contribution >= 4 is 34.4 Å². The summed E-state index contributed by atoms with van der Waals surface area (Å²) < 4.78 is 0. The number of anilines is 1. The summed E-state index contributed by atoms with van der Waals surface area (Å²) >= 11 is 0. The molecule has 2 amide bonds. The summed E-state index contributed by atoms with van der Waals surface area (Å²) in [6.07, 6.45) is 2.89. The minimum absolute atomic E-state index is 0.254. The number of hydrogen-bond acceptors (Lipinski definition) is 4. The molecule has 1 aliphatic heterocycles. The van der Waals surface area contributed by atoms with Gasteiger partial charge in [0.05, 0.1) is 6.04 Å². The zero-order valence-corrected chi connectivity index (χ0v) is 16.2. The third kappa shape index (κ3) is 3.65. The molecular formula is C22H22N4O4. The van der Waals surface area contributed by atoms with Crippen LogP contribution in [0.2, 0.25) is 0 Å². The monoisotopic (exact) mass is 406 g/mol. The topological polar surface area (TPSA) is 129 Å². The summed E-state index contributed by atoms with van der Waals surface area (Å²) in [4.78, 5) is 41.2. The van der Waals surface area contributed by atoms with Crippen LogP contribution >= 0.6 is 0 Å². The number of nitrogens with zero attached hydrogens (tertiary/aromatic N) is 1. The van der Waals surface area contributed by atoms with Gasteiger partial charge in [0, 0.05) is 40.5 Å². The number of carboxylic acid groups (broad SMARTS) is 1. The molecule has 0 unspecified atom stereocenters. The van der Waals surface area contributed by atoms with E-state index in [1.807, 2.05) is 6.07 Å². The van der Waals surface area contributed by atoms with Crippen LogP contribution in [-0.4, -0.2) is 45.4 Å². The second-order valence-corrected chi connectivity index (χ2v) is 7.36. The molecule has 3 aromatic rings. The number of benzene rings is 2. The molecule has 0 aliphatic carbocycles. The summed E-state index contributed by atoms with van der Waals surface area (Å²) in [6, 6.07) is 12.5. The van der Waals surface area contributed by atoms with Crippen LogP contribution in [0.4, 0.5) is 5.69 Å². The van der Waals surface area contributed by atoms with Gasteiger partial charge in [-0.1, -0.05) is 18.2 Å². The van der Waals surface area contributed by atoms with Gasteiger partial charge in [0.15, 0.2) is 0 Å². The molecule has 8 nitrogen and oxygen atoms in total. The summed E-state index contributed by atoms with van der Waals surface area (Å²) in [7, 11) is 0. The number of primary amides is 1. The Morgan fingerprint density at radius 2 is 1.93 bits per heavy atom. The van der Waals surface area contributed by atoms with Gasteiger partial charge in [0.1, 0.15) is 6.04 Å². The van der Waals surface area contributed by atoms with E-state index in [1.54, 1.807) is 53.6 Å². The SMILES string of the molecule is NC(=O)[C@@H]1CCCN1[C@@H](C(=O)O)c1c[nH]c2ccc(NC(=O)c3ccccc3)cc12. The number of aromatic amines is 1. The maximum atomic E-state index is 12.5. The van der Waals surface area contributed by atoms with Crippen LogP contribution in [0, 0.1) is 0 Å². The first-order valence-electron chi connectivity index (χ1n) is 9.71. The molecule has 154 valence electrons. The number of carbonyl (C=O) groups excluding carboxylic acids is 2. The lowest BCUT2D eigenvalue weighted by atomic mass is 10.0. The van der Waals surface area contributed by atoms with Crippen LogP contribution in [0.5, 0.6) is 0 Å². The van der Waals surface area contributed by atoms with Crippen LogP contribution in [-0.2, 0) is 9.59 Å². The minimum atomic E-state index is -1.05. The number of carboxylic acids is 1. The number of aromatic nitrogens is 1. The molecule has 0 radical (unpaired) electrons. The number of aliphatic carboxylic acids is 1. The van der Waals surface area contributed by atoms with Crippen molar-refractivity contribution in [3.05, 3.63) is 65.9 Å². The van der Waals surface area contributed by atoms with Gasteiger partial charge < -0.3 is 21.1 Å². The van der Waals surface area contributed by atoms with Crippen LogP contribution in [0.3, 0.4) is 0 Å². The maximum Gasteiger partial charge on any atom is 0.325 e. The van der Waals surface area contributed by atoms with Crippen molar-refractivity contribution in [3.63, 3.8) is 0 Å². The minimum Gasteiger partial charge on any atom is -0.480 e. The van der Waals surface area contributed by atoms with Crippen LogP contribution < -0.4 is 11.1 Å². The summed E-state index contributed by atoms with van der Waals surface area (Å²) in [5.74, 6) is -1.83. The molecule has 1 fully saturated rings. The molecule has 2 atom stereocenters. The van der Waals surface area contributed by atoms with Crippen molar-refractivity contribution < 1.29 is 19.5 Å². The molecule has 8 heteroatoms. The van der Waals surface area contributed by atoms with Gasteiger partial charge in [-0.15, -0.1) is 0 Å². The molecular weight excluding hydrogens is 384 g/mol. The first-order valence-corrected chi connectivity index (χ1v) is 9.71. The lowest BCUT2D eigenvalue weighted by Crippen LogP contribution is -2.44. The van der Waals surface area contributed by atoms with E-state index in [9.17, 15) is 19.5 Å². The van der Waals surface area contributed by atoms with Crippen LogP contribution in [0.15, 0.2) is 54.7 Å². The van der Waals surface area contributed by atoms with Gasteiger partial charge in [-0.05, 0) is 43.2 Å². The van der Waals surface area contributed by atoms with E-state index < -0.39 is 24.0 Å². The van der Waals surface area contributed by atoms with Crippen molar-refractivity contribution in [2.24, 2.45) is 5.73 Å². The predicted octanol–water partition coefficient (Wildman–Crippen LogP) is 2.50. The third-order valence-electron chi connectivity index (χ3n) is 5.49. The Balaban J connectivity index is 1.68. The van der Waals surface area contributed by atoms with Crippen molar-refractivity contribution in [3.8, 4) is 0 Å². The number of H-pyrrole nitrogens is 1. The highest BCUT2D eigenvalue weighted by Gasteiger charge is 2.39. The Morgan fingerprint density at radius 1 is 1.17 bits per heavy atom. The highest BCUT2D eigenvalue weighted by molar-refractivity contribution is 6.05. The molecule has 2 heterocycles. The Hall–Kier alpha value is -3.65. The molecule has 1 saturated heterocycles. The van der Waals surface area contributed by atoms with Crippen LogP contribution in [0.25, 0.3) is 10.9 Å². The normalized spacial score (nSPS) is 17.7. The molecule has 30 heavy (non-hydrogen) atoms. The Morgan fingerprint density at radius 3 is 2.63 bits per heavy atom. The zero-order valence-electron chi connectivity index (χ0n) is 16.2. The van der Waals surface area contributed by atoms with Gasteiger partial charge in [-0.25, -0.2) is 0 Å². The van der Waals surface area contributed by atoms with Crippen molar-refractivity contribution in [2.75, 3.05) is 11.9 Å². The predicted molar refractivity (Wildman–Crippen MR) is 112 cm³/mol. The lowest BCUT2D eigenvalue weighted by molar-refractivity contribution is -0.144. The highest BCUT2D eigenvalue weighted by atomic mass is 16.4. The number of nitrogens with one attached hydrogen (secondary N) is 2. The summed E-state index contributed by atoms with van der Waals surface area (Å²) in [5.41, 5.74) is 7.84. The van der Waals surface area contributed by atoms with Crippen molar-refractivity contribution in [1.29, 1.82) is 0 Å². The van der Waals surface area contributed by atoms with Gasteiger partial charge >= 0.3 is 5.97 Å². The van der Waals surface area contributed by atoms with E-state index >= 15 is 0 Å². The first-order chi connectivity index (χ1) is 14.5. The van der Waals surface area contributed by atoms with Gasteiger partial charge in [-0.3, -0.25) is 19.3 Å². The number of hydrogen-bond donors (Lipinski definition) is 4. The number of likely N-dealkylation sites (tertiary alicyclic amines) is 1. The van der Waals surface area contributed by atoms with Crippen molar-refractivity contribution in [2.45, 2.75) is 24.9 Å². The maximum absolute atomic E-state index is 12.5. The second kappa shape index (κ2) is 8.00. The van der Waals surface area contributed by atoms with E-state index in [0.29, 0.717) is 41.6 Å². The lowest BCUT2D eigenvalue weighted by Gasteiger charge is -2.28. The summed E-state index contributed by atoms with van der Waals surface area (Å²) in [5, 5.41) is 13.5. The molecule has 0 saturated carbocycles. The fourth-order valence-corrected chi connectivity index (χ4v) is 4.10. The first kappa shape index (κ1) is 19.7. The Bertz CT molecular complexity index is 1110. The van der Waals surface area contributed by atoms with E-state index in [-0.39, 0.29) is 5.91 Å². The summed E-state index contributed by atoms with van der Waals surface area (Å²) in [6.45, 7) is 0.474. The second-order valence-electron chi connectivity index (χ2n) is 7.36. The number of carbonyl (C=O) groups is 3. The number of fused-ring (bicyclic) bond motifs is 1. The molecule has 1 aliphatic rings. The fraction of sp³-hybridized carbons (Fsp3) is 0.227. The number of amides is 2. The van der Waals surface area contributed by atoms with Gasteiger partial charge in [0.2, 0.25) is 5.91 Å². The number of nitrogens with two attached hydrogens (primary N) is 1. The quantitative estimate of drug-likeness (QED) is 0.500.